The summed E-state index contributed by atoms with van der Waals surface area (Å²) in [4.78, 5) is 22.4. The number of carbonyl (C=O) groups is 2. The molecule has 0 saturated heterocycles. The Balaban J connectivity index is 3.20. The summed E-state index contributed by atoms with van der Waals surface area (Å²) < 4.78 is 10.0. The average Bonchev–Trinajstić information content (AvgIpc) is 2.35. The van der Waals surface area contributed by atoms with Gasteiger partial charge in [0, 0.05) is 6.42 Å². The molecule has 6 heteroatoms. The second-order valence-electron chi connectivity index (χ2n) is 3.97. The van der Waals surface area contributed by atoms with Crippen LogP contribution in [-0.2, 0) is 4.79 Å². The molecule has 0 heterocycles. The van der Waals surface area contributed by atoms with Crippen LogP contribution in [0.2, 0.25) is 0 Å². The van der Waals surface area contributed by atoms with Crippen LogP contribution in [-0.4, -0.2) is 36.2 Å². The topological polar surface area (TPSA) is 93.1 Å². The number of Topliss-reactive ketones (excluding diaryl/α,β-unsaturated/α-hetero) is 1. The summed E-state index contributed by atoms with van der Waals surface area (Å²) in [5.41, 5.74) is 0.574. The summed E-state index contributed by atoms with van der Waals surface area (Å²) >= 11 is 0. The van der Waals surface area contributed by atoms with Crippen LogP contribution in [0.3, 0.4) is 0 Å². The van der Waals surface area contributed by atoms with Gasteiger partial charge in [0.2, 0.25) is 5.75 Å². The largest absolute Gasteiger partial charge is 0.504 e. The molecular formula is C13H16O6. The van der Waals surface area contributed by atoms with E-state index in [1.165, 1.54) is 14.2 Å². The molecule has 1 rings (SSSR count). The lowest BCUT2D eigenvalue weighted by Crippen LogP contribution is -2.07. The van der Waals surface area contributed by atoms with Gasteiger partial charge >= 0.3 is 5.97 Å². The number of rotatable bonds is 6. The fraction of sp³-hybridized carbons (Fsp3) is 0.385. The van der Waals surface area contributed by atoms with E-state index in [0.29, 0.717) is 11.3 Å². The molecule has 0 spiro atoms. The van der Waals surface area contributed by atoms with Gasteiger partial charge in [-0.05, 0) is 18.6 Å². The first kappa shape index (κ1) is 14.8. The van der Waals surface area contributed by atoms with Crippen molar-refractivity contribution in [1.29, 1.82) is 0 Å². The van der Waals surface area contributed by atoms with Gasteiger partial charge in [0.15, 0.2) is 17.3 Å². The van der Waals surface area contributed by atoms with Gasteiger partial charge in [0.1, 0.15) is 0 Å². The van der Waals surface area contributed by atoms with Crippen molar-refractivity contribution in [2.24, 2.45) is 0 Å². The molecule has 0 saturated carbocycles. The number of carboxylic acid groups (broad SMARTS) is 1. The number of ketones is 1. The number of hydrogen-bond donors (Lipinski definition) is 2. The van der Waals surface area contributed by atoms with Crippen molar-refractivity contribution in [3.05, 3.63) is 17.2 Å². The summed E-state index contributed by atoms with van der Waals surface area (Å²) in [6.45, 7) is 1.63. The van der Waals surface area contributed by atoms with Gasteiger partial charge < -0.3 is 19.7 Å². The maximum atomic E-state index is 11.9. The molecule has 0 radical (unpaired) electrons. The molecule has 1 aromatic rings. The number of aryl methyl sites for hydroxylation is 1. The van der Waals surface area contributed by atoms with Crippen molar-refractivity contribution in [3.8, 4) is 17.2 Å². The lowest BCUT2D eigenvalue weighted by atomic mass is 9.99. The van der Waals surface area contributed by atoms with Crippen LogP contribution in [0.5, 0.6) is 17.2 Å². The molecule has 0 aliphatic rings. The van der Waals surface area contributed by atoms with Gasteiger partial charge in [-0.1, -0.05) is 0 Å². The van der Waals surface area contributed by atoms with Gasteiger partial charge in [0.05, 0.1) is 26.2 Å². The lowest BCUT2D eigenvalue weighted by molar-refractivity contribution is -0.136. The minimum Gasteiger partial charge on any atom is -0.504 e. The molecule has 6 nitrogen and oxygen atoms in total. The number of aliphatic carboxylic acids is 1. The molecule has 0 unspecified atom stereocenters. The van der Waals surface area contributed by atoms with Crippen LogP contribution < -0.4 is 9.47 Å². The van der Waals surface area contributed by atoms with Crippen molar-refractivity contribution >= 4 is 11.8 Å². The fourth-order valence-corrected chi connectivity index (χ4v) is 1.80. The minimum atomic E-state index is -1.06. The zero-order valence-electron chi connectivity index (χ0n) is 11.0. The van der Waals surface area contributed by atoms with Gasteiger partial charge in [0.25, 0.3) is 0 Å². The third-order valence-corrected chi connectivity index (χ3v) is 2.69. The van der Waals surface area contributed by atoms with Crippen LogP contribution in [0.4, 0.5) is 0 Å². The highest BCUT2D eigenvalue weighted by Crippen LogP contribution is 2.41. The van der Waals surface area contributed by atoms with E-state index in [9.17, 15) is 14.7 Å². The van der Waals surface area contributed by atoms with Crippen LogP contribution in [0.1, 0.15) is 28.8 Å². The van der Waals surface area contributed by atoms with E-state index in [1.807, 2.05) is 0 Å². The number of phenols is 1. The molecular weight excluding hydrogens is 252 g/mol. The maximum Gasteiger partial charge on any atom is 0.303 e. The van der Waals surface area contributed by atoms with Crippen molar-refractivity contribution in [3.63, 3.8) is 0 Å². The zero-order chi connectivity index (χ0) is 14.6. The number of carboxylic acids is 1. The maximum absolute atomic E-state index is 11.9. The van der Waals surface area contributed by atoms with Crippen molar-refractivity contribution in [1.82, 2.24) is 0 Å². The highest BCUT2D eigenvalue weighted by molar-refractivity contribution is 6.02. The molecule has 2 N–H and O–H groups in total. The van der Waals surface area contributed by atoms with Gasteiger partial charge in [-0.3, -0.25) is 9.59 Å². The van der Waals surface area contributed by atoms with Crippen LogP contribution in [0.15, 0.2) is 6.07 Å². The molecule has 104 valence electrons. The Bertz CT molecular complexity index is 506. The first-order valence-electron chi connectivity index (χ1n) is 5.61. The Hall–Kier alpha value is -2.24. The molecule has 0 atom stereocenters. The molecule has 0 aliphatic carbocycles. The first-order chi connectivity index (χ1) is 8.92. The van der Waals surface area contributed by atoms with Crippen LogP contribution in [0, 0.1) is 6.92 Å². The molecule has 0 amide bonds. The highest BCUT2D eigenvalue weighted by Gasteiger charge is 2.22. The SMILES string of the molecule is COc1cc(C)c(C(=O)CCC(=O)O)c(O)c1OC. The highest BCUT2D eigenvalue weighted by atomic mass is 16.5. The second kappa shape index (κ2) is 6.08. The summed E-state index contributed by atoms with van der Waals surface area (Å²) in [5, 5.41) is 18.6. The monoisotopic (exact) mass is 268 g/mol. The lowest BCUT2D eigenvalue weighted by Gasteiger charge is -2.14. The minimum absolute atomic E-state index is 0.0618. The summed E-state index contributed by atoms with van der Waals surface area (Å²) in [6.07, 6.45) is -0.467. The number of ether oxygens (including phenoxy) is 2. The fourth-order valence-electron chi connectivity index (χ4n) is 1.80. The Morgan fingerprint density at radius 1 is 1.21 bits per heavy atom. The summed E-state index contributed by atoms with van der Waals surface area (Å²) in [7, 11) is 2.76. The Labute approximate surface area is 110 Å². The Morgan fingerprint density at radius 2 is 1.84 bits per heavy atom. The van der Waals surface area contributed by atoms with E-state index < -0.39 is 11.8 Å². The van der Waals surface area contributed by atoms with Crippen LogP contribution in [0.25, 0.3) is 0 Å². The molecule has 1 aromatic carbocycles. The van der Waals surface area contributed by atoms with E-state index >= 15 is 0 Å². The Kier molecular flexibility index (Phi) is 4.74. The van der Waals surface area contributed by atoms with Crippen molar-refractivity contribution in [2.45, 2.75) is 19.8 Å². The van der Waals surface area contributed by atoms with E-state index in [0.717, 1.165) is 0 Å². The molecule has 19 heavy (non-hydrogen) atoms. The normalized spacial score (nSPS) is 10.1. The molecule has 0 fully saturated rings. The van der Waals surface area contributed by atoms with Crippen molar-refractivity contribution < 1.29 is 29.3 Å². The predicted molar refractivity (Wildman–Crippen MR) is 67.1 cm³/mol. The number of aromatic hydroxyl groups is 1. The van der Waals surface area contributed by atoms with E-state index in [-0.39, 0.29) is 29.9 Å². The molecule has 0 aromatic heterocycles. The van der Waals surface area contributed by atoms with Crippen molar-refractivity contribution in [2.75, 3.05) is 14.2 Å². The zero-order valence-corrected chi connectivity index (χ0v) is 11.0. The smallest absolute Gasteiger partial charge is 0.303 e. The molecule has 0 bridgehead atoms. The number of methoxy groups -OCH3 is 2. The predicted octanol–water partition coefficient (Wildman–Crippen LogP) is 1.77. The van der Waals surface area contributed by atoms with E-state index in [1.54, 1.807) is 13.0 Å². The van der Waals surface area contributed by atoms with E-state index in [4.69, 9.17) is 14.6 Å². The number of hydrogen-bond acceptors (Lipinski definition) is 5. The van der Waals surface area contributed by atoms with E-state index in [2.05, 4.69) is 0 Å². The summed E-state index contributed by atoms with van der Waals surface area (Å²) in [5.74, 6) is -1.46. The van der Waals surface area contributed by atoms with Gasteiger partial charge in [-0.25, -0.2) is 0 Å². The second-order valence-corrected chi connectivity index (χ2v) is 3.97. The average molecular weight is 268 g/mol. The number of benzene rings is 1. The third kappa shape index (κ3) is 3.15. The van der Waals surface area contributed by atoms with Gasteiger partial charge in [-0.2, -0.15) is 0 Å². The standard InChI is InChI=1S/C13H16O6/c1-7-6-9(18-2)13(19-3)12(17)11(7)8(14)4-5-10(15)16/h6,17H,4-5H2,1-3H3,(H,15,16). The molecule has 0 aliphatic heterocycles. The summed E-state index contributed by atoms with van der Waals surface area (Å²) in [6, 6.07) is 1.56. The number of phenolic OH excluding ortho intramolecular Hbond substituents is 1. The first-order valence-corrected chi connectivity index (χ1v) is 5.61. The Morgan fingerprint density at radius 3 is 2.32 bits per heavy atom. The van der Waals surface area contributed by atoms with Gasteiger partial charge in [-0.15, -0.1) is 0 Å². The van der Waals surface area contributed by atoms with Crippen LogP contribution >= 0.6 is 0 Å². The number of carbonyl (C=O) groups excluding carboxylic acids is 1. The third-order valence-electron chi connectivity index (χ3n) is 2.69. The quantitative estimate of drug-likeness (QED) is 0.764.